The minimum atomic E-state index is -0.409. The number of methoxy groups -OCH3 is 1. The summed E-state index contributed by atoms with van der Waals surface area (Å²) in [6, 6.07) is 0.529. The summed E-state index contributed by atoms with van der Waals surface area (Å²) >= 11 is 0. The summed E-state index contributed by atoms with van der Waals surface area (Å²) < 4.78 is 5.01. The van der Waals surface area contributed by atoms with Gasteiger partial charge in [-0.15, -0.1) is 0 Å². The molecule has 0 unspecified atom stereocenters. The van der Waals surface area contributed by atoms with E-state index in [1.54, 1.807) is 14.0 Å². The lowest BCUT2D eigenvalue weighted by molar-refractivity contribution is -0.128. The molecule has 2 saturated heterocycles. The first kappa shape index (κ1) is 17.7. The minimum Gasteiger partial charge on any atom is -0.389 e. The van der Waals surface area contributed by atoms with Crippen molar-refractivity contribution in [3.8, 4) is 0 Å². The molecule has 1 N–H and O–H groups in total. The van der Waals surface area contributed by atoms with Crippen molar-refractivity contribution in [1.29, 1.82) is 0 Å². The normalized spacial score (nSPS) is 29.5. The van der Waals surface area contributed by atoms with Crippen LogP contribution in [0, 0.1) is 5.92 Å². The molecule has 2 heterocycles. The molecule has 2 rings (SSSR count). The molecule has 0 aromatic heterocycles. The monoisotopic (exact) mass is 313 g/mol. The zero-order chi connectivity index (χ0) is 16.1. The largest absolute Gasteiger partial charge is 0.389 e. The molecule has 128 valence electrons. The van der Waals surface area contributed by atoms with Crippen LogP contribution in [0.2, 0.25) is 0 Å². The van der Waals surface area contributed by atoms with E-state index in [1.165, 1.54) is 0 Å². The molecule has 0 aromatic rings. The van der Waals surface area contributed by atoms with Crippen LogP contribution in [0.15, 0.2) is 0 Å². The zero-order valence-electron chi connectivity index (χ0n) is 14.2. The fourth-order valence-corrected chi connectivity index (χ4v) is 3.80. The summed E-state index contributed by atoms with van der Waals surface area (Å²) in [5, 5.41) is 9.91. The molecule has 0 saturated carbocycles. The molecule has 0 aliphatic carbocycles. The second kappa shape index (κ2) is 8.24. The van der Waals surface area contributed by atoms with Crippen molar-refractivity contribution in [3.05, 3.63) is 0 Å². The summed E-state index contributed by atoms with van der Waals surface area (Å²) in [6.07, 6.45) is 0.642. The van der Waals surface area contributed by atoms with Crippen molar-refractivity contribution in [1.82, 2.24) is 14.7 Å². The topological polar surface area (TPSA) is 56.3 Å². The third-order valence-electron chi connectivity index (χ3n) is 4.92. The third kappa shape index (κ3) is 4.65. The second-order valence-electron chi connectivity index (χ2n) is 6.77. The van der Waals surface area contributed by atoms with Crippen LogP contribution < -0.4 is 0 Å². The lowest BCUT2D eigenvalue weighted by Gasteiger charge is -2.30. The number of aliphatic hydroxyl groups excluding tert-OH is 1. The lowest BCUT2D eigenvalue weighted by Crippen LogP contribution is -2.43. The molecule has 0 aromatic carbocycles. The van der Waals surface area contributed by atoms with Crippen molar-refractivity contribution in [2.45, 2.75) is 32.4 Å². The van der Waals surface area contributed by atoms with E-state index in [0.717, 1.165) is 45.7 Å². The van der Waals surface area contributed by atoms with Gasteiger partial charge in [-0.25, -0.2) is 0 Å². The van der Waals surface area contributed by atoms with Gasteiger partial charge in [0.25, 0.3) is 0 Å². The van der Waals surface area contributed by atoms with Crippen LogP contribution in [0.3, 0.4) is 0 Å². The molecule has 0 bridgehead atoms. The number of hydrogen-bond donors (Lipinski definition) is 1. The highest BCUT2D eigenvalue weighted by atomic mass is 16.5. The van der Waals surface area contributed by atoms with Gasteiger partial charge >= 0.3 is 0 Å². The van der Waals surface area contributed by atoms with Gasteiger partial charge in [0.2, 0.25) is 5.91 Å². The molecule has 3 atom stereocenters. The molecular formula is C16H31N3O3. The van der Waals surface area contributed by atoms with Crippen molar-refractivity contribution < 1.29 is 14.6 Å². The Morgan fingerprint density at radius 1 is 1.27 bits per heavy atom. The van der Waals surface area contributed by atoms with Crippen LogP contribution in [0.1, 0.15) is 20.3 Å². The molecular weight excluding hydrogens is 282 g/mol. The molecule has 2 fully saturated rings. The summed E-state index contributed by atoms with van der Waals surface area (Å²) in [5.41, 5.74) is 0. The van der Waals surface area contributed by atoms with Gasteiger partial charge in [0.15, 0.2) is 0 Å². The van der Waals surface area contributed by atoms with E-state index < -0.39 is 6.10 Å². The van der Waals surface area contributed by atoms with Gasteiger partial charge in [-0.2, -0.15) is 0 Å². The Morgan fingerprint density at radius 2 is 2.05 bits per heavy atom. The summed E-state index contributed by atoms with van der Waals surface area (Å²) in [5.74, 6) is 0.782. The van der Waals surface area contributed by atoms with Crippen molar-refractivity contribution in [2.75, 3.05) is 59.5 Å². The number of hydrogen-bond acceptors (Lipinski definition) is 5. The minimum absolute atomic E-state index is 0.186. The average molecular weight is 313 g/mol. The standard InChI is InChI=1S/C16H31N3O3/c1-13-9-17(10-15(21)12-22-3)11-16(13)19-6-4-5-18(7-8-19)14(2)20/h13,15-16,21H,4-12H2,1-3H3/t13-,15-,16-/m1/s1. The van der Waals surface area contributed by atoms with Crippen molar-refractivity contribution in [3.63, 3.8) is 0 Å². The van der Waals surface area contributed by atoms with Crippen molar-refractivity contribution >= 4 is 5.91 Å². The maximum absolute atomic E-state index is 11.5. The Labute approximate surface area is 134 Å². The smallest absolute Gasteiger partial charge is 0.219 e. The van der Waals surface area contributed by atoms with E-state index >= 15 is 0 Å². The van der Waals surface area contributed by atoms with E-state index in [9.17, 15) is 9.90 Å². The maximum Gasteiger partial charge on any atom is 0.219 e. The average Bonchev–Trinajstić information content (AvgIpc) is 2.67. The Bertz CT molecular complexity index is 367. The van der Waals surface area contributed by atoms with Gasteiger partial charge in [0, 0.05) is 65.9 Å². The molecule has 6 heteroatoms. The lowest BCUT2D eigenvalue weighted by atomic mass is 10.0. The molecule has 1 amide bonds. The summed E-state index contributed by atoms with van der Waals surface area (Å²) in [4.78, 5) is 18.4. The van der Waals surface area contributed by atoms with Gasteiger partial charge in [-0.1, -0.05) is 6.92 Å². The summed E-state index contributed by atoms with van der Waals surface area (Å²) in [7, 11) is 1.62. The van der Waals surface area contributed by atoms with Gasteiger partial charge in [0.1, 0.15) is 0 Å². The molecule has 2 aliphatic heterocycles. The fraction of sp³-hybridized carbons (Fsp3) is 0.938. The van der Waals surface area contributed by atoms with Crippen LogP contribution >= 0.6 is 0 Å². The third-order valence-corrected chi connectivity index (χ3v) is 4.92. The molecule has 6 nitrogen and oxygen atoms in total. The van der Waals surface area contributed by atoms with Crippen LogP contribution in [-0.2, 0) is 9.53 Å². The Kier molecular flexibility index (Phi) is 6.62. The number of aliphatic hydroxyl groups is 1. The van der Waals surface area contributed by atoms with Crippen LogP contribution in [0.25, 0.3) is 0 Å². The van der Waals surface area contributed by atoms with Crippen LogP contribution in [0.4, 0.5) is 0 Å². The highest BCUT2D eigenvalue weighted by Crippen LogP contribution is 2.23. The zero-order valence-corrected chi connectivity index (χ0v) is 14.2. The highest BCUT2D eigenvalue weighted by Gasteiger charge is 2.35. The predicted octanol–water partition coefficient (Wildman–Crippen LogP) is -0.132. The summed E-state index contributed by atoms with van der Waals surface area (Å²) in [6.45, 7) is 10.8. The number of amides is 1. The number of β-amino-alcohol motifs (C(OH)–C–C–N with tert-alkyl or cyclic N) is 1. The predicted molar refractivity (Wildman–Crippen MR) is 85.7 cm³/mol. The first-order valence-corrected chi connectivity index (χ1v) is 8.40. The van der Waals surface area contributed by atoms with Gasteiger partial charge in [-0.05, 0) is 12.3 Å². The number of carbonyl (C=O) groups excluding carboxylic acids is 1. The van der Waals surface area contributed by atoms with Crippen molar-refractivity contribution in [2.24, 2.45) is 5.92 Å². The SMILES string of the molecule is COC[C@H](O)CN1C[C@@H](C)[C@H](N2CCCN(C(C)=O)CC2)C1. The number of rotatable bonds is 5. The first-order chi connectivity index (χ1) is 10.5. The number of likely N-dealkylation sites (tertiary alicyclic amines) is 1. The second-order valence-corrected chi connectivity index (χ2v) is 6.77. The number of nitrogens with zero attached hydrogens (tertiary/aromatic N) is 3. The van der Waals surface area contributed by atoms with E-state index in [1.807, 2.05) is 4.90 Å². The maximum atomic E-state index is 11.5. The van der Waals surface area contributed by atoms with Gasteiger partial charge in [0.05, 0.1) is 12.7 Å². The quantitative estimate of drug-likeness (QED) is 0.766. The van der Waals surface area contributed by atoms with E-state index in [-0.39, 0.29) is 5.91 Å². The Morgan fingerprint density at radius 3 is 2.73 bits per heavy atom. The van der Waals surface area contributed by atoms with E-state index in [0.29, 0.717) is 25.1 Å². The van der Waals surface area contributed by atoms with Gasteiger partial charge < -0.3 is 14.7 Å². The van der Waals surface area contributed by atoms with Crippen LogP contribution in [0.5, 0.6) is 0 Å². The van der Waals surface area contributed by atoms with E-state index in [4.69, 9.17) is 4.74 Å². The number of carbonyl (C=O) groups is 1. The first-order valence-electron chi connectivity index (χ1n) is 8.40. The Balaban J connectivity index is 1.85. The molecule has 2 aliphatic rings. The fourth-order valence-electron chi connectivity index (χ4n) is 3.80. The highest BCUT2D eigenvalue weighted by molar-refractivity contribution is 5.73. The molecule has 22 heavy (non-hydrogen) atoms. The Hall–Kier alpha value is -0.690. The molecule has 0 radical (unpaired) electrons. The van der Waals surface area contributed by atoms with Gasteiger partial charge in [-0.3, -0.25) is 14.6 Å². The van der Waals surface area contributed by atoms with Crippen LogP contribution in [-0.4, -0.2) is 97.4 Å². The number of ether oxygens (including phenoxy) is 1. The molecule has 0 spiro atoms. The van der Waals surface area contributed by atoms with E-state index in [2.05, 4.69) is 16.7 Å².